The second-order valence-corrected chi connectivity index (χ2v) is 7.84. The van der Waals surface area contributed by atoms with Crippen LogP contribution in [-0.2, 0) is 0 Å². The monoisotopic (exact) mass is 237 g/mol. The van der Waals surface area contributed by atoms with Gasteiger partial charge < -0.3 is 5.32 Å². The summed E-state index contributed by atoms with van der Waals surface area (Å²) in [4.78, 5) is 0. The fourth-order valence-electron chi connectivity index (χ4n) is 3.99. The van der Waals surface area contributed by atoms with E-state index in [0.717, 1.165) is 23.9 Å². The van der Waals surface area contributed by atoms with E-state index in [2.05, 4.69) is 46.9 Å². The first kappa shape index (κ1) is 13.4. The van der Waals surface area contributed by atoms with Crippen molar-refractivity contribution in [2.45, 2.75) is 79.3 Å². The van der Waals surface area contributed by atoms with Gasteiger partial charge in [0.1, 0.15) is 0 Å². The minimum Gasteiger partial charge on any atom is -0.310 e. The fraction of sp³-hybridized carbons (Fsp3) is 1.00. The van der Waals surface area contributed by atoms with E-state index in [9.17, 15) is 0 Å². The molecule has 0 aromatic carbocycles. The molecule has 0 aromatic heterocycles. The van der Waals surface area contributed by atoms with Gasteiger partial charge in [-0.05, 0) is 35.5 Å². The lowest BCUT2D eigenvalue weighted by atomic mass is 9.77. The number of nitrogens with one attached hydrogen (secondary N) is 1. The third-order valence-corrected chi connectivity index (χ3v) is 6.08. The highest BCUT2D eigenvalue weighted by Crippen LogP contribution is 2.63. The lowest BCUT2D eigenvalue weighted by Gasteiger charge is -2.35. The molecule has 1 heteroatoms. The van der Waals surface area contributed by atoms with Gasteiger partial charge >= 0.3 is 0 Å². The van der Waals surface area contributed by atoms with E-state index >= 15 is 0 Å². The maximum Gasteiger partial charge on any atom is 0.0183 e. The van der Waals surface area contributed by atoms with Crippen molar-refractivity contribution in [2.75, 3.05) is 0 Å². The Bertz CT molecular complexity index is 263. The Morgan fingerprint density at radius 3 is 1.94 bits per heavy atom. The second kappa shape index (κ2) is 4.26. The van der Waals surface area contributed by atoms with Crippen LogP contribution in [0.5, 0.6) is 0 Å². The molecule has 2 aliphatic carbocycles. The highest BCUT2D eigenvalue weighted by atomic mass is 15.1. The van der Waals surface area contributed by atoms with Gasteiger partial charge in [0.25, 0.3) is 0 Å². The van der Waals surface area contributed by atoms with Crippen molar-refractivity contribution in [3.8, 4) is 0 Å². The van der Waals surface area contributed by atoms with Gasteiger partial charge in [0.2, 0.25) is 0 Å². The number of hydrogen-bond donors (Lipinski definition) is 1. The van der Waals surface area contributed by atoms with Crippen LogP contribution >= 0.6 is 0 Å². The van der Waals surface area contributed by atoms with Crippen LogP contribution in [0, 0.1) is 22.7 Å². The summed E-state index contributed by atoms with van der Waals surface area (Å²) in [6.07, 6.45) is 5.70. The summed E-state index contributed by atoms with van der Waals surface area (Å²) in [7, 11) is 0. The maximum atomic E-state index is 4.00. The molecule has 0 heterocycles. The minimum absolute atomic E-state index is 0.478. The van der Waals surface area contributed by atoms with Crippen LogP contribution in [0.1, 0.15) is 67.2 Å². The molecular formula is C16H31N. The van der Waals surface area contributed by atoms with Gasteiger partial charge in [-0.25, -0.2) is 0 Å². The van der Waals surface area contributed by atoms with E-state index in [-0.39, 0.29) is 0 Å². The zero-order valence-corrected chi connectivity index (χ0v) is 12.6. The Balaban J connectivity index is 1.99. The molecule has 2 aliphatic rings. The minimum atomic E-state index is 0.478. The van der Waals surface area contributed by atoms with Gasteiger partial charge in [-0.15, -0.1) is 0 Å². The molecule has 0 radical (unpaired) electrons. The molecule has 0 bridgehead atoms. The molecule has 1 nitrogen and oxygen atoms in total. The van der Waals surface area contributed by atoms with Crippen molar-refractivity contribution in [3.05, 3.63) is 0 Å². The third kappa shape index (κ3) is 2.16. The highest BCUT2D eigenvalue weighted by molar-refractivity contribution is 5.18. The van der Waals surface area contributed by atoms with Crippen LogP contribution in [0.2, 0.25) is 0 Å². The first-order chi connectivity index (χ1) is 7.78. The van der Waals surface area contributed by atoms with Gasteiger partial charge in [0.15, 0.2) is 0 Å². The van der Waals surface area contributed by atoms with Crippen molar-refractivity contribution in [1.82, 2.24) is 5.32 Å². The lowest BCUT2D eigenvalue weighted by molar-refractivity contribution is 0.198. The molecule has 0 aliphatic heterocycles. The smallest absolute Gasteiger partial charge is 0.0183 e. The van der Waals surface area contributed by atoms with Crippen LogP contribution in [-0.4, -0.2) is 12.1 Å². The molecule has 2 unspecified atom stereocenters. The molecule has 2 saturated carbocycles. The topological polar surface area (TPSA) is 12.0 Å². The normalized spacial score (nSPS) is 36.2. The van der Waals surface area contributed by atoms with Crippen molar-refractivity contribution in [1.29, 1.82) is 0 Å². The molecular weight excluding hydrogens is 206 g/mol. The summed E-state index contributed by atoms with van der Waals surface area (Å²) in [5, 5.41) is 4.00. The van der Waals surface area contributed by atoms with E-state index in [1.54, 1.807) is 0 Å². The molecule has 2 atom stereocenters. The number of hydrogen-bond acceptors (Lipinski definition) is 1. The molecule has 100 valence electrons. The highest BCUT2D eigenvalue weighted by Gasteiger charge is 2.65. The van der Waals surface area contributed by atoms with Crippen molar-refractivity contribution < 1.29 is 0 Å². The summed E-state index contributed by atoms with van der Waals surface area (Å²) in [6.45, 7) is 14.5. The summed E-state index contributed by atoms with van der Waals surface area (Å²) in [5.74, 6) is 1.73. The Morgan fingerprint density at radius 2 is 1.47 bits per heavy atom. The molecule has 0 aromatic rings. The Morgan fingerprint density at radius 1 is 0.941 bits per heavy atom. The van der Waals surface area contributed by atoms with E-state index in [0.29, 0.717) is 10.8 Å². The first-order valence-electron chi connectivity index (χ1n) is 7.54. The standard InChI is InChI=1S/C16H31N/c1-11(2)12-9-7-8-10-13(12)17-14-15(3,4)16(14,5)6/h11-14,17H,7-10H2,1-6H3. The summed E-state index contributed by atoms with van der Waals surface area (Å²) >= 11 is 0. The van der Waals surface area contributed by atoms with Gasteiger partial charge in [0, 0.05) is 12.1 Å². The average Bonchev–Trinajstić information content (AvgIpc) is 2.61. The lowest BCUT2D eigenvalue weighted by Crippen LogP contribution is -2.43. The van der Waals surface area contributed by atoms with E-state index < -0.39 is 0 Å². The van der Waals surface area contributed by atoms with Crippen LogP contribution in [0.25, 0.3) is 0 Å². The van der Waals surface area contributed by atoms with Crippen molar-refractivity contribution >= 4 is 0 Å². The van der Waals surface area contributed by atoms with Crippen LogP contribution < -0.4 is 5.32 Å². The first-order valence-corrected chi connectivity index (χ1v) is 7.54. The maximum absolute atomic E-state index is 4.00. The van der Waals surface area contributed by atoms with Crippen LogP contribution in [0.3, 0.4) is 0 Å². The summed E-state index contributed by atoms with van der Waals surface area (Å²) in [5.41, 5.74) is 0.956. The zero-order chi connectivity index (χ0) is 12.8. The Hall–Kier alpha value is -0.0400. The van der Waals surface area contributed by atoms with Gasteiger partial charge in [-0.1, -0.05) is 54.4 Å². The average molecular weight is 237 g/mol. The van der Waals surface area contributed by atoms with E-state index in [1.807, 2.05) is 0 Å². The summed E-state index contributed by atoms with van der Waals surface area (Å²) in [6, 6.07) is 1.49. The predicted octanol–water partition coefficient (Wildman–Crippen LogP) is 4.23. The largest absolute Gasteiger partial charge is 0.310 e. The molecule has 0 amide bonds. The van der Waals surface area contributed by atoms with E-state index in [1.165, 1.54) is 25.7 Å². The van der Waals surface area contributed by atoms with Crippen LogP contribution in [0.15, 0.2) is 0 Å². The van der Waals surface area contributed by atoms with Gasteiger partial charge in [-0.2, -0.15) is 0 Å². The van der Waals surface area contributed by atoms with Crippen molar-refractivity contribution in [2.24, 2.45) is 22.7 Å². The molecule has 2 rings (SSSR count). The molecule has 17 heavy (non-hydrogen) atoms. The molecule has 1 N–H and O–H groups in total. The Labute approximate surface area is 108 Å². The van der Waals surface area contributed by atoms with Crippen LogP contribution in [0.4, 0.5) is 0 Å². The number of rotatable bonds is 3. The SMILES string of the molecule is CC(C)C1CCCCC1NC1C(C)(C)C1(C)C. The second-order valence-electron chi connectivity index (χ2n) is 7.84. The van der Waals surface area contributed by atoms with Gasteiger partial charge in [0.05, 0.1) is 0 Å². The fourth-order valence-corrected chi connectivity index (χ4v) is 3.99. The predicted molar refractivity (Wildman–Crippen MR) is 75.1 cm³/mol. The van der Waals surface area contributed by atoms with E-state index in [4.69, 9.17) is 0 Å². The Kier molecular flexibility index (Phi) is 3.36. The van der Waals surface area contributed by atoms with Gasteiger partial charge in [-0.3, -0.25) is 0 Å². The quantitative estimate of drug-likeness (QED) is 0.774. The third-order valence-electron chi connectivity index (χ3n) is 6.08. The molecule has 2 fully saturated rings. The molecule has 0 spiro atoms. The molecule has 0 saturated heterocycles. The zero-order valence-electron chi connectivity index (χ0n) is 12.6. The summed E-state index contributed by atoms with van der Waals surface area (Å²) < 4.78 is 0. The van der Waals surface area contributed by atoms with Crippen molar-refractivity contribution in [3.63, 3.8) is 0 Å².